The zero-order valence-electron chi connectivity index (χ0n) is 20.3. The van der Waals surface area contributed by atoms with Gasteiger partial charge in [-0.25, -0.2) is 13.2 Å². The number of allylic oxidation sites excluding steroid dienone is 4. The van der Waals surface area contributed by atoms with Crippen molar-refractivity contribution in [2.45, 2.75) is 46.0 Å². The highest BCUT2D eigenvalue weighted by molar-refractivity contribution is 5.67. The molecule has 0 saturated heterocycles. The Morgan fingerprint density at radius 3 is 2.34 bits per heavy atom. The summed E-state index contributed by atoms with van der Waals surface area (Å²) in [5.74, 6) is -0.866. The lowest BCUT2D eigenvalue weighted by molar-refractivity contribution is 0.338. The average Bonchev–Trinajstić information content (AvgIpc) is 2.87. The van der Waals surface area contributed by atoms with E-state index >= 15 is 0 Å². The third-order valence-corrected chi connectivity index (χ3v) is 6.62. The number of rotatable bonds is 8. The maximum atomic E-state index is 14.9. The summed E-state index contributed by atoms with van der Waals surface area (Å²) in [6.45, 7) is 4.34. The first kappa shape index (κ1) is 24.8. The van der Waals surface area contributed by atoms with Crippen molar-refractivity contribution in [3.05, 3.63) is 107 Å². The highest BCUT2D eigenvalue weighted by atomic mass is 19.2. The molecule has 35 heavy (non-hydrogen) atoms. The van der Waals surface area contributed by atoms with Crippen LogP contribution in [0.15, 0.2) is 72.8 Å². The van der Waals surface area contributed by atoms with Crippen molar-refractivity contribution in [2.24, 2.45) is 5.92 Å². The monoisotopic (exact) mass is 476 g/mol. The molecule has 1 unspecified atom stereocenters. The largest absolute Gasteiger partial charge is 0.494 e. The summed E-state index contributed by atoms with van der Waals surface area (Å²) in [6, 6.07) is 15.8. The molecule has 0 bridgehead atoms. The molecule has 0 saturated carbocycles. The smallest absolute Gasteiger partial charge is 0.166 e. The Morgan fingerprint density at radius 1 is 0.914 bits per heavy atom. The van der Waals surface area contributed by atoms with Crippen LogP contribution in [-0.4, -0.2) is 6.61 Å². The number of halogens is 3. The second-order valence-corrected chi connectivity index (χ2v) is 8.96. The molecule has 1 aliphatic rings. The van der Waals surface area contributed by atoms with E-state index in [2.05, 4.69) is 6.08 Å². The third-order valence-electron chi connectivity index (χ3n) is 6.62. The lowest BCUT2D eigenvalue weighted by Crippen LogP contribution is -2.06. The molecule has 0 N–H and O–H groups in total. The van der Waals surface area contributed by atoms with Gasteiger partial charge >= 0.3 is 0 Å². The van der Waals surface area contributed by atoms with E-state index in [1.807, 2.05) is 50.3 Å². The van der Waals surface area contributed by atoms with Crippen LogP contribution in [0.25, 0.3) is 16.7 Å². The fraction of sp³-hybridized carbons (Fsp3) is 0.290. The number of hydrogen-bond donors (Lipinski definition) is 0. The molecule has 4 rings (SSSR count). The quantitative estimate of drug-likeness (QED) is 0.295. The van der Waals surface area contributed by atoms with E-state index in [1.54, 1.807) is 24.3 Å². The molecular formula is C31H31F3O. The summed E-state index contributed by atoms with van der Waals surface area (Å²) < 4.78 is 49.6. The van der Waals surface area contributed by atoms with E-state index in [1.165, 1.54) is 6.07 Å². The molecule has 0 radical (unpaired) electrons. The molecule has 182 valence electrons. The van der Waals surface area contributed by atoms with Crippen molar-refractivity contribution in [1.29, 1.82) is 0 Å². The molecule has 4 heteroatoms. The Hall–Kier alpha value is -3.27. The van der Waals surface area contributed by atoms with Gasteiger partial charge in [0.2, 0.25) is 0 Å². The van der Waals surface area contributed by atoms with Crippen molar-refractivity contribution in [1.82, 2.24) is 0 Å². The Kier molecular flexibility index (Phi) is 8.12. The first-order valence-electron chi connectivity index (χ1n) is 12.3. The van der Waals surface area contributed by atoms with Crippen LogP contribution >= 0.6 is 0 Å². The summed E-state index contributed by atoms with van der Waals surface area (Å²) in [5, 5.41) is 0. The van der Waals surface area contributed by atoms with E-state index in [0.717, 1.165) is 36.0 Å². The zero-order chi connectivity index (χ0) is 24.8. The van der Waals surface area contributed by atoms with Gasteiger partial charge in [-0.15, -0.1) is 0 Å². The predicted octanol–water partition coefficient (Wildman–Crippen LogP) is 8.71. The molecule has 0 aliphatic heterocycles. The molecule has 3 aromatic carbocycles. The topological polar surface area (TPSA) is 9.23 Å². The normalized spacial score (nSPS) is 15.9. The maximum absolute atomic E-state index is 14.9. The Labute approximate surface area is 206 Å². The summed E-state index contributed by atoms with van der Waals surface area (Å²) in [6.07, 6.45) is 9.79. The van der Waals surface area contributed by atoms with E-state index in [-0.39, 0.29) is 5.82 Å². The summed E-state index contributed by atoms with van der Waals surface area (Å²) in [4.78, 5) is 0. The highest BCUT2D eigenvalue weighted by Gasteiger charge is 2.19. The Bertz CT molecular complexity index is 1220. The molecule has 0 fully saturated rings. The van der Waals surface area contributed by atoms with E-state index in [4.69, 9.17) is 4.74 Å². The molecule has 1 aliphatic carbocycles. The molecular weight excluding hydrogens is 445 g/mol. The first-order chi connectivity index (χ1) is 17.0. The third kappa shape index (κ3) is 5.87. The van der Waals surface area contributed by atoms with Gasteiger partial charge in [0.25, 0.3) is 0 Å². The van der Waals surface area contributed by atoms with Crippen LogP contribution in [0.2, 0.25) is 0 Å². The minimum absolute atomic E-state index is 0.341. The summed E-state index contributed by atoms with van der Waals surface area (Å²) in [7, 11) is 0. The van der Waals surface area contributed by atoms with Gasteiger partial charge in [-0.1, -0.05) is 54.6 Å². The Balaban J connectivity index is 1.42. The van der Waals surface area contributed by atoms with Crippen molar-refractivity contribution in [3.8, 4) is 16.9 Å². The summed E-state index contributed by atoms with van der Waals surface area (Å²) in [5.41, 5.74) is 3.88. The van der Waals surface area contributed by atoms with Gasteiger partial charge in [0.1, 0.15) is 11.6 Å². The lowest BCUT2D eigenvalue weighted by atomic mass is 9.86. The van der Waals surface area contributed by atoms with Gasteiger partial charge in [0.05, 0.1) is 6.61 Å². The number of ether oxygens (including phenoxy) is 1. The van der Waals surface area contributed by atoms with Gasteiger partial charge in [0, 0.05) is 17.2 Å². The van der Waals surface area contributed by atoms with Gasteiger partial charge in [0.15, 0.2) is 11.6 Å². The van der Waals surface area contributed by atoms with Gasteiger partial charge < -0.3 is 4.74 Å². The standard InChI is InChI=1S/C31H31F3O/c1-3-5-21-6-13-24(14-7-21)28-18-16-25(30(33)31(28)34)15-10-22-8-11-23(12-9-22)27-19-17-26(35-4-2)20-29(27)32/h3,5,8-9,11-13,16-21H,4,6-7,10,14-15H2,1-2H3/b5-3+. The predicted molar refractivity (Wildman–Crippen MR) is 137 cm³/mol. The molecule has 1 atom stereocenters. The van der Waals surface area contributed by atoms with Crippen LogP contribution in [0.5, 0.6) is 5.75 Å². The van der Waals surface area contributed by atoms with Crippen LogP contribution < -0.4 is 4.74 Å². The average molecular weight is 477 g/mol. The first-order valence-corrected chi connectivity index (χ1v) is 12.3. The fourth-order valence-electron chi connectivity index (χ4n) is 4.69. The SMILES string of the molecule is C/C=C/C1CC=C(c2ccc(CCc3ccc(-c4ccc(OCC)cc4F)cc3)c(F)c2F)CC1. The minimum atomic E-state index is -0.757. The van der Waals surface area contributed by atoms with Crippen LogP contribution in [0.1, 0.15) is 49.8 Å². The number of aryl methyl sites for hydroxylation is 2. The van der Waals surface area contributed by atoms with Crippen LogP contribution in [-0.2, 0) is 12.8 Å². The molecule has 3 aromatic rings. The van der Waals surface area contributed by atoms with Crippen LogP contribution in [0, 0.1) is 23.4 Å². The molecule has 1 nitrogen and oxygen atoms in total. The van der Waals surface area contributed by atoms with Gasteiger partial charge in [-0.05, 0) is 86.3 Å². The molecule has 0 spiro atoms. The van der Waals surface area contributed by atoms with Gasteiger partial charge in [-0.2, -0.15) is 0 Å². The van der Waals surface area contributed by atoms with Crippen molar-refractivity contribution < 1.29 is 17.9 Å². The second-order valence-electron chi connectivity index (χ2n) is 8.96. The van der Waals surface area contributed by atoms with Gasteiger partial charge in [-0.3, -0.25) is 0 Å². The minimum Gasteiger partial charge on any atom is -0.494 e. The zero-order valence-corrected chi connectivity index (χ0v) is 20.3. The van der Waals surface area contributed by atoms with E-state index in [9.17, 15) is 13.2 Å². The molecule has 0 amide bonds. The summed E-state index contributed by atoms with van der Waals surface area (Å²) >= 11 is 0. The Morgan fingerprint density at radius 2 is 1.69 bits per heavy atom. The molecule has 0 aromatic heterocycles. The number of hydrogen-bond acceptors (Lipinski definition) is 1. The van der Waals surface area contributed by atoms with Crippen LogP contribution in [0.3, 0.4) is 0 Å². The van der Waals surface area contributed by atoms with Crippen LogP contribution in [0.4, 0.5) is 13.2 Å². The highest BCUT2D eigenvalue weighted by Crippen LogP contribution is 2.34. The number of benzene rings is 3. The fourth-order valence-corrected chi connectivity index (χ4v) is 4.69. The molecule has 0 heterocycles. The van der Waals surface area contributed by atoms with E-state index in [0.29, 0.717) is 47.8 Å². The van der Waals surface area contributed by atoms with Crippen molar-refractivity contribution in [3.63, 3.8) is 0 Å². The van der Waals surface area contributed by atoms with Crippen molar-refractivity contribution >= 4 is 5.57 Å². The lowest BCUT2D eigenvalue weighted by Gasteiger charge is -2.20. The second kappa shape index (κ2) is 11.4. The van der Waals surface area contributed by atoms with Crippen molar-refractivity contribution in [2.75, 3.05) is 6.61 Å². The maximum Gasteiger partial charge on any atom is 0.166 e. The van der Waals surface area contributed by atoms with E-state index < -0.39 is 11.6 Å².